The summed E-state index contributed by atoms with van der Waals surface area (Å²) in [7, 11) is 1.27. The average Bonchev–Trinajstić information content (AvgIpc) is 2.85. The molecule has 2 amide bonds. The van der Waals surface area contributed by atoms with Crippen LogP contribution in [-0.4, -0.2) is 24.3 Å². The molecule has 0 saturated heterocycles. The number of aryl methyl sites for hydroxylation is 1. The van der Waals surface area contributed by atoms with E-state index in [9.17, 15) is 9.59 Å². The van der Waals surface area contributed by atoms with Crippen molar-refractivity contribution in [2.75, 3.05) is 17.7 Å². The van der Waals surface area contributed by atoms with Crippen LogP contribution < -0.4 is 10.6 Å². The zero-order valence-corrected chi connectivity index (χ0v) is 12.0. The molecule has 0 unspecified atom stereocenters. The van der Waals surface area contributed by atoms with Crippen molar-refractivity contribution in [2.45, 2.75) is 6.92 Å². The Hall–Kier alpha value is -2.54. The molecule has 0 bridgehead atoms. The molecule has 1 aromatic heterocycles. The standard InChI is InChI=1S/C13H12ClN3O4/c1-7-5-11(17-21-7)16-13(19)15-10-6-8(12(18)20-2)3-4-9(10)14/h3-6H,1-2H3,(H2,15,16,17,19). The molecule has 0 spiro atoms. The third kappa shape index (κ3) is 3.73. The Balaban J connectivity index is 2.11. The summed E-state index contributed by atoms with van der Waals surface area (Å²) >= 11 is 5.97. The number of carbonyl (C=O) groups is 2. The number of urea groups is 1. The molecule has 8 heteroatoms. The van der Waals surface area contributed by atoms with E-state index < -0.39 is 12.0 Å². The second kappa shape index (κ2) is 6.27. The van der Waals surface area contributed by atoms with E-state index in [0.717, 1.165) is 0 Å². The van der Waals surface area contributed by atoms with Gasteiger partial charge in [-0.3, -0.25) is 5.32 Å². The van der Waals surface area contributed by atoms with E-state index in [1.165, 1.54) is 25.3 Å². The Morgan fingerprint density at radius 1 is 1.29 bits per heavy atom. The summed E-state index contributed by atoms with van der Waals surface area (Å²) in [6, 6.07) is 5.41. The van der Waals surface area contributed by atoms with Crippen LogP contribution in [0.2, 0.25) is 5.02 Å². The zero-order valence-electron chi connectivity index (χ0n) is 11.3. The van der Waals surface area contributed by atoms with Gasteiger partial charge in [0.15, 0.2) is 5.82 Å². The Morgan fingerprint density at radius 3 is 2.67 bits per heavy atom. The maximum Gasteiger partial charge on any atom is 0.337 e. The first-order chi connectivity index (χ1) is 9.99. The molecule has 21 heavy (non-hydrogen) atoms. The van der Waals surface area contributed by atoms with Gasteiger partial charge >= 0.3 is 12.0 Å². The van der Waals surface area contributed by atoms with Crippen LogP contribution in [0.1, 0.15) is 16.1 Å². The average molecular weight is 310 g/mol. The van der Waals surface area contributed by atoms with Gasteiger partial charge in [-0.1, -0.05) is 16.8 Å². The molecule has 1 heterocycles. The summed E-state index contributed by atoms with van der Waals surface area (Å²) in [4.78, 5) is 23.3. The minimum atomic E-state index is -0.563. The number of amides is 2. The number of methoxy groups -OCH3 is 1. The van der Waals surface area contributed by atoms with Crippen molar-refractivity contribution in [3.63, 3.8) is 0 Å². The van der Waals surface area contributed by atoms with Crippen LogP contribution in [0.15, 0.2) is 28.8 Å². The topological polar surface area (TPSA) is 93.5 Å². The summed E-state index contributed by atoms with van der Waals surface area (Å²) in [5.74, 6) is 0.309. The monoisotopic (exact) mass is 309 g/mol. The molecule has 7 nitrogen and oxygen atoms in total. The lowest BCUT2D eigenvalue weighted by molar-refractivity contribution is 0.0600. The van der Waals surface area contributed by atoms with Crippen LogP contribution in [0.4, 0.5) is 16.3 Å². The SMILES string of the molecule is COC(=O)c1ccc(Cl)c(NC(=O)Nc2cc(C)on2)c1. The first-order valence-corrected chi connectivity index (χ1v) is 6.26. The van der Waals surface area contributed by atoms with Crippen LogP contribution >= 0.6 is 11.6 Å². The Bertz CT molecular complexity index is 684. The van der Waals surface area contributed by atoms with Crippen LogP contribution in [0.5, 0.6) is 0 Å². The maximum atomic E-state index is 11.8. The molecule has 0 saturated carbocycles. The molecule has 110 valence electrons. The van der Waals surface area contributed by atoms with Crippen molar-refractivity contribution in [3.8, 4) is 0 Å². The van der Waals surface area contributed by atoms with E-state index in [4.69, 9.17) is 16.1 Å². The predicted molar refractivity (Wildman–Crippen MR) is 76.7 cm³/mol. The van der Waals surface area contributed by atoms with Crippen molar-refractivity contribution in [1.29, 1.82) is 0 Å². The minimum Gasteiger partial charge on any atom is -0.465 e. The van der Waals surface area contributed by atoms with Gasteiger partial charge in [0.05, 0.1) is 23.4 Å². The van der Waals surface area contributed by atoms with E-state index in [1.807, 2.05) is 0 Å². The van der Waals surface area contributed by atoms with Crippen molar-refractivity contribution >= 4 is 35.1 Å². The number of anilines is 2. The fourth-order valence-electron chi connectivity index (χ4n) is 1.56. The van der Waals surface area contributed by atoms with Crippen LogP contribution in [0.3, 0.4) is 0 Å². The molecule has 0 aliphatic carbocycles. The van der Waals surface area contributed by atoms with E-state index in [-0.39, 0.29) is 22.1 Å². The Morgan fingerprint density at radius 2 is 2.05 bits per heavy atom. The Kier molecular flexibility index (Phi) is 4.44. The number of rotatable bonds is 3. The largest absolute Gasteiger partial charge is 0.465 e. The second-order valence-electron chi connectivity index (χ2n) is 4.09. The first kappa shape index (κ1) is 14.9. The number of hydrogen-bond acceptors (Lipinski definition) is 5. The van der Waals surface area contributed by atoms with Crippen molar-refractivity contribution in [2.24, 2.45) is 0 Å². The fraction of sp³-hybridized carbons (Fsp3) is 0.154. The number of halogens is 1. The quantitative estimate of drug-likeness (QED) is 0.850. The third-order valence-corrected chi connectivity index (χ3v) is 2.83. The number of aromatic nitrogens is 1. The molecule has 0 aliphatic rings. The molecular formula is C13H12ClN3O4. The number of benzene rings is 1. The molecule has 0 fully saturated rings. The predicted octanol–water partition coefficient (Wildman–Crippen LogP) is 3.07. The smallest absolute Gasteiger partial charge is 0.337 e. The van der Waals surface area contributed by atoms with Crippen LogP contribution in [-0.2, 0) is 4.74 Å². The second-order valence-corrected chi connectivity index (χ2v) is 4.50. The summed E-state index contributed by atoms with van der Waals surface area (Å²) in [6.45, 7) is 1.70. The van der Waals surface area contributed by atoms with Gasteiger partial charge in [0.25, 0.3) is 0 Å². The molecular weight excluding hydrogens is 298 g/mol. The number of nitrogens with one attached hydrogen (secondary N) is 2. The van der Waals surface area contributed by atoms with Crippen molar-refractivity contribution in [1.82, 2.24) is 5.16 Å². The third-order valence-electron chi connectivity index (χ3n) is 2.51. The highest BCUT2D eigenvalue weighted by atomic mass is 35.5. The van der Waals surface area contributed by atoms with E-state index >= 15 is 0 Å². The normalized spacial score (nSPS) is 10.0. The lowest BCUT2D eigenvalue weighted by Gasteiger charge is -2.08. The van der Waals surface area contributed by atoms with Crippen molar-refractivity contribution < 1.29 is 18.8 Å². The van der Waals surface area contributed by atoms with E-state index in [2.05, 4.69) is 20.5 Å². The number of ether oxygens (including phenoxy) is 1. The number of hydrogen-bond donors (Lipinski definition) is 2. The van der Waals surface area contributed by atoms with E-state index in [0.29, 0.717) is 5.76 Å². The molecule has 0 radical (unpaired) electrons. The molecule has 0 aliphatic heterocycles. The fourth-order valence-corrected chi connectivity index (χ4v) is 1.73. The van der Waals surface area contributed by atoms with Gasteiger partial charge in [-0.25, -0.2) is 9.59 Å². The first-order valence-electron chi connectivity index (χ1n) is 5.89. The van der Waals surface area contributed by atoms with Gasteiger partial charge in [0, 0.05) is 6.07 Å². The minimum absolute atomic E-state index is 0.269. The molecule has 2 N–H and O–H groups in total. The summed E-state index contributed by atoms with van der Waals surface area (Å²) in [6.07, 6.45) is 0. The van der Waals surface area contributed by atoms with Gasteiger partial charge in [0.2, 0.25) is 0 Å². The van der Waals surface area contributed by atoms with Crippen LogP contribution in [0, 0.1) is 6.92 Å². The maximum absolute atomic E-state index is 11.8. The highest BCUT2D eigenvalue weighted by molar-refractivity contribution is 6.34. The molecule has 2 aromatic rings. The summed E-state index contributed by atoms with van der Waals surface area (Å²) in [5, 5.41) is 8.90. The highest BCUT2D eigenvalue weighted by Crippen LogP contribution is 2.23. The summed E-state index contributed by atoms with van der Waals surface area (Å²) < 4.78 is 9.43. The lowest BCUT2D eigenvalue weighted by Crippen LogP contribution is -2.20. The molecule has 1 aromatic carbocycles. The Labute approximate surface area is 125 Å². The number of nitrogens with zero attached hydrogens (tertiary/aromatic N) is 1. The summed E-state index contributed by atoms with van der Waals surface area (Å²) in [5.41, 5.74) is 0.548. The molecule has 0 atom stereocenters. The number of carbonyl (C=O) groups excluding carboxylic acids is 2. The van der Waals surface area contributed by atoms with E-state index in [1.54, 1.807) is 13.0 Å². The lowest BCUT2D eigenvalue weighted by atomic mass is 10.2. The molecule has 2 rings (SSSR count). The van der Waals surface area contributed by atoms with Crippen molar-refractivity contribution in [3.05, 3.63) is 40.6 Å². The van der Waals surface area contributed by atoms with Gasteiger partial charge in [-0.15, -0.1) is 0 Å². The number of esters is 1. The van der Waals surface area contributed by atoms with Gasteiger partial charge in [-0.2, -0.15) is 0 Å². The zero-order chi connectivity index (χ0) is 15.4. The van der Waals surface area contributed by atoms with Gasteiger partial charge < -0.3 is 14.6 Å². The van der Waals surface area contributed by atoms with Crippen LogP contribution in [0.25, 0.3) is 0 Å². The van der Waals surface area contributed by atoms with Gasteiger partial charge in [0.1, 0.15) is 5.76 Å². The van der Waals surface area contributed by atoms with Gasteiger partial charge in [-0.05, 0) is 25.1 Å². The highest BCUT2D eigenvalue weighted by Gasteiger charge is 2.12.